The summed E-state index contributed by atoms with van der Waals surface area (Å²) in [5.41, 5.74) is 0.358. The van der Waals surface area contributed by atoms with Gasteiger partial charge in [-0.3, -0.25) is 9.59 Å². The molecule has 0 radical (unpaired) electrons. The Labute approximate surface area is 388 Å². The van der Waals surface area contributed by atoms with Crippen molar-refractivity contribution in [3.63, 3.8) is 0 Å². The predicted molar refractivity (Wildman–Crippen MR) is 254 cm³/mol. The fourth-order valence-electron chi connectivity index (χ4n) is 6.41. The lowest BCUT2D eigenvalue weighted by molar-refractivity contribution is -0.145. The molecule has 0 unspecified atom stereocenters. The van der Waals surface area contributed by atoms with Gasteiger partial charge in [0.05, 0.1) is 13.2 Å². The van der Waals surface area contributed by atoms with Crippen molar-refractivity contribution < 1.29 is 57.2 Å². The Morgan fingerprint density at radius 3 is 1.76 bits per heavy atom. The van der Waals surface area contributed by atoms with Gasteiger partial charge >= 0.3 is 36.1 Å². The Morgan fingerprint density at radius 1 is 0.515 bits per heavy atom. The van der Waals surface area contributed by atoms with Crippen LogP contribution >= 0.6 is 0 Å². The Hall–Kier alpha value is -6.70. The molecule has 0 saturated carbocycles. The predicted octanol–water partition coefficient (Wildman–Crippen LogP) is 10.6. The summed E-state index contributed by atoms with van der Waals surface area (Å²) in [4.78, 5) is 69.3. The minimum absolute atomic E-state index is 0.00170. The molecule has 0 spiro atoms. The van der Waals surface area contributed by atoms with E-state index in [9.17, 15) is 28.8 Å². The largest absolute Gasteiger partial charge is 0.466 e. The molecule has 0 aliphatic rings. The van der Waals surface area contributed by atoms with Crippen molar-refractivity contribution >= 4 is 57.6 Å². The first kappa shape index (κ1) is 53.6. The minimum Gasteiger partial charge on any atom is -0.466 e. The molecule has 356 valence electrons. The number of carbonyl (C=O) groups excluding carboxylic acids is 6. The number of alkyl carbamates (subject to hydrolysis) is 1. The average molecular weight is 911 g/mol. The third-order valence-electron chi connectivity index (χ3n) is 9.92. The van der Waals surface area contributed by atoms with E-state index in [4.69, 9.17) is 28.4 Å². The molecule has 0 saturated heterocycles. The van der Waals surface area contributed by atoms with E-state index in [0.717, 1.165) is 105 Å². The van der Waals surface area contributed by atoms with Crippen LogP contribution in [0.1, 0.15) is 103 Å². The maximum Gasteiger partial charge on any atom is 0.412 e. The first-order valence-corrected chi connectivity index (χ1v) is 22.9. The number of rotatable bonds is 29. The summed E-state index contributed by atoms with van der Waals surface area (Å²) in [6.07, 6.45) is 12.8. The Kier molecular flexibility index (Phi) is 26.7. The van der Waals surface area contributed by atoms with Gasteiger partial charge in [0, 0.05) is 49.4 Å². The molecule has 4 aromatic carbocycles. The zero-order valence-electron chi connectivity index (χ0n) is 38.3. The lowest BCUT2D eigenvalue weighted by Gasteiger charge is -2.08. The summed E-state index contributed by atoms with van der Waals surface area (Å²) in [5.74, 6) is -0.240. The van der Waals surface area contributed by atoms with Gasteiger partial charge in [-0.15, -0.1) is 0 Å². The van der Waals surface area contributed by atoms with Gasteiger partial charge in [0.1, 0.15) is 24.7 Å². The second-order valence-corrected chi connectivity index (χ2v) is 15.4. The van der Waals surface area contributed by atoms with E-state index in [0.29, 0.717) is 49.4 Å². The van der Waals surface area contributed by atoms with Crippen LogP contribution in [0.3, 0.4) is 0 Å². The van der Waals surface area contributed by atoms with Crippen LogP contribution in [0.2, 0.25) is 0 Å². The van der Waals surface area contributed by atoms with Gasteiger partial charge in [0.2, 0.25) is 0 Å². The molecule has 2 amide bonds. The molecule has 0 bridgehead atoms. The lowest BCUT2D eigenvalue weighted by atomic mass is 10.1. The summed E-state index contributed by atoms with van der Waals surface area (Å²) in [6, 6.07) is 27.0. The van der Waals surface area contributed by atoms with E-state index in [-0.39, 0.29) is 38.4 Å². The van der Waals surface area contributed by atoms with Crippen LogP contribution < -0.4 is 20.1 Å². The smallest absolute Gasteiger partial charge is 0.412 e. The SMILES string of the molecule is C=C(C)C(=O)OCCCOC(=O)CCCCCCCCCC(=O)Oc1cccc2ccccc12.C=CC(=O)OCCOC(=O)NCCCCCCCNC(=O)Oc1ccc2ccccc2c1. The number of hydrogen-bond acceptors (Lipinski definition) is 12. The quantitative estimate of drug-likeness (QED) is 0.0173. The van der Waals surface area contributed by atoms with Crippen LogP contribution in [0.4, 0.5) is 9.59 Å². The van der Waals surface area contributed by atoms with Gasteiger partial charge in [-0.25, -0.2) is 19.2 Å². The van der Waals surface area contributed by atoms with Gasteiger partial charge in [0.15, 0.2) is 0 Å². The van der Waals surface area contributed by atoms with Crippen molar-refractivity contribution in [1.29, 1.82) is 0 Å². The average Bonchev–Trinajstić information content (AvgIpc) is 3.31. The number of amides is 2. The lowest BCUT2D eigenvalue weighted by Crippen LogP contribution is -2.27. The van der Waals surface area contributed by atoms with Crippen molar-refractivity contribution in [2.75, 3.05) is 39.5 Å². The maximum atomic E-state index is 12.2. The third kappa shape index (κ3) is 23.8. The highest BCUT2D eigenvalue weighted by Crippen LogP contribution is 2.26. The number of esters is 4. The molecule has 0 aliphatic carbocycles. The summed E-state index contributed by atoms with van der Waals surface area (Å²) in [5, 5.41) is 9.53. The van der Waals surface area contributed by atoms with Gasteiger partial charge in [-0.05, 0) is 67.0 Å². The van der Waals surface area contributed by atoms with Crippen molar-refractivity contribution in [3.8, 4) is 11.5 Å². The van der Waals surface area contributed by atoms with Crippen molar-refractivity contribution in [2.24, 2.45) is 0 Å². The molecule has 0 fully saturated rings. The normalized spacial score (nSPS) is 10.4. The van der Waals surface area contributed by atoms with E-state index >= 15 is 0 Å². The van der Waals surface area contributed by atoms with E-state index < -0.39 is 24.1 Å². The molecule has 66 heavy (non-hydrogen) atoms. The van der Waals surface area contributed by atoms with E-state index in [1.807, 2.05) is 78.9 Å². The fraction of sp³-hybridized carbons (Fsp3) is 0.423. The summed E-state index contributed by atoms with van der Waals surface area (Å²) in [7, 11) is 0. The van der Waals surface area contributed by atoms with Gasteiger partial charge in [-0.2, -0.15) is 0 Å². The van der Waals surface area contributed by atoms with Crippen LogP contribution in [0.5, 0.6) is 11.5 Å². The Balaban J connectivity index is 0.000000351. The van der Waals surface area contributed by atoms with Crippen LogP contribution in [0, 0.1) is 0 Å². The fourth-order valence-corrected chi connectivity index (χ4v) is 6.41. The summed E-state index contributed by atoms with van der Waals surface area (Å²) >= 11 is 0. The number of unbranched alkanes of at least 4 members (excludes halogenated alkanes) is 10. The van der Waals surface area contributed by atoms with E-state index in [2.05, 4.69) is 23.8 Å². The van der Waals surface area contributed by atoms with Gasteiger partial charge < -0.3 is 39.1 Å². The number of nitrogens with one attached hydrogen (secondary N) is 2. The van der Waals surface area contributed by atoms with Gasteiger partial charge in [-0.1, -0.05) is 131 Å². The Morgan fingerprint density at radius 2 is 1.08 bits per heavy atom. The van der Waals surface area contributed by atoms with Crippen molar-refractivity contribution in [1.82, 2.24) is 10.6 Å². The molecule has 4 rings (SSSR count). The highest BCUT2D eigenvalue weighted by atomic mass is 16.6. The molecule has 0 aromatic heterocycles. The molecular formula is C52H66N2O12. The monoisotopic (exact) mass is 910 g/mol. The first-order valence-electron chi connectivity index (χ1n) is 22.9. The zero-order chi connectivity index (χ0) is 47.6. The standard InChI is InChI=1S/C28H36O6.C24H30N2O6/c1-22(2)28(31)33-21-13-20-32-26(29)18-8-6-4-3-5-7-9-19-27(30)34-25-17-12-15-23-14-10-11-16-24(23)25;1-2-22(27)30-16-17-31-23(28)25-14-8-4-3-5-9-15-26-24(29)32-21-13-12-19-10-6-7-11-20(19)18-21/h10-12,14-17H,1,3-9,13,18-21H2,2H3;2,6-7,10-13,18H,1,3-5,8-9,14-17H2,(H,25,28)(H,26,29). The molecule has 2 N–H and O–H groups in total. The second-order valence-electron chi connectivity index (χ2n) is 15.4. The minimum atomic E-state index is -0.550. The zero-order valence-corrected chi connectivity index (χ0v) is 38.3. The second kappa shape index (κ2) is 32.9. The van der Waals surface area contributed by atoms with E-state index in [1.165, 1.54) is 0 Å². The highest BCUT2D eigenvalue weighted by Gasteiger charge is 2.10. The molecule has 14 heteroatoms. The number of carbonyl (C=O) groups is 6. The van der Waals surface area contributed by atoms with Crippen LogP contribution in [0.15, 0.2) is 110 Å². The van der Waals surface area contributed by atoms with Crippen molar-refractivity contribution in [3.05, 3.63) is 110 Å². The topological polar surface area (TPSA) is 182 Å². The maximum absolute atomic E-state index is 12.2. The third-order valence-corrected chi connectivity index (χ3v) is 9.92. The summed E-state index contributed by atoms with van der Waals surface area (Å²) < 4.78 is 30.5. The molecule has 4 aromatic rings. The molecule has 0 aliphatic heterocycles. The molecular weight excluding hydrogens is 845 g/mol. The van der Waals surface area contributed by atoms with Crippen LogP contribution in [-0.4, -0.2) is 75.6 Å². The number of fused-ring (bicyclic) bond motifs is 2. The molecule has 0 heterocycles. The number of ether oxygens (including phenoxy) is 6. The van der Waals surface area contributed by atoms with Crippen LogP contribution in [0.25, 0.3) is 21.5 Å². The van der Waals surface area contributed by atoms with Crippen molar-refractivity contribution in [2.45, 2.75) is 103 Å². The van der Waals surface area contributed by atoms with Crippen LogP contribution in [-0.2, 0) is 38.1 Å². The summed E-state index contributed by atoms with van der Waals surface area (Å²) in [6.45, 7) is 9.91. The number of benzene rings is 4. The molecule has 0 atom stereocenters. The number of hydrogen-bond donors (Lipinski definition) is 2. The van der Waals surface area contributed by atoms with E-state index in [1.54, 1.807) is 13.0 Å². The van der Waals surface area contributed by atoms with Gasteiger partial charge in [0.25, 0.3) is 0 Å². The first-order chi connectivity index (χ1) is 32.0. The highest BCUT2D eigenvalue weighted by molar-refractivity contribution is 5.90. The molecule has 14 nitrogen and oxygen atoms in total. The Bertz CT molecular complexity index is 2150.